The Kier molecular flexibility index (Phi) is 6.56. The molecule has 19 heavy (non-hydrogen) atoms. The van der Waals surface area contributed by atoms with Crippen molar-refractivity contribution in [1.29, 1.82) is 0 Å². The number of ether oxygens (including phenoxy) is 2. The third kappa shape index (κ3) is 4.35. The lowest BCUT2D eigenvalue weighted by molar-refractivity contribution is 0.0521. The second-order valence-corrected chi connectivity index (χ2v) is 4.52. The van der Waals surface area contributed by atoms with Crippen LogP contribution in [0.5, 0.6) is 5.75 Å². The molecule has 0 amide bonds. The van der Waals surface area contributed by atoms with Gasteiger partial charge in [-0.2, -0.15) is 0 Å². The zero-order chi connectivity index (χ0) is 14.3. The van der Waals surface area contributed by atoms with Gasteiger partial charge in [0.05, 0.1) is 13.2 Å². The number of carbonyl (C=O) groups excluding carboxylic acids is 2. The van der Waals surface area contributed by atoms with Crippen molar-refractivity contribution in [2.45, 2.75) is 20.3 Å². The summed E-state index contributed by atoms with van der Waals surface area (Å²) >= 11 is 3.23. The van der Waals surface area contributed by atoms with Gasteiger partial charge in [-0.05, 0) is 26.0 Å². The van der Waals surface area contributed by atoms with Crippen molar-refractivity contribution in [2.24, 2.45) is 0 Å². The fourth-order valence-electron chi connectivity index (χ4n) is 1.58. The minimum atomic E-state index is -0.439. The monoisotopic (exact) mass is 328 g/mol. The summed E-state index contributed by atoms with van der Waals surface area (Å²) < 4.78 is 10.4. The minimum absolute atomic E-state index is 0.00763. The van der Waals surface area contributed by atoms with E-state index in [1.165, 1.54) is 0 Å². The molecule has 0 aliphatic heterocycles. The molecule has 0 aliphatic carbocycles. The average Bonchev–Trinajstić information content (AvgIpc) is 2.39. The summed E-state index contributed by atoms with van der Waals surface area (Å²) in [5.41, 5.74) is 0.884. The lowest BCUT2D eigenvalue weighted by Gasteiger charge is -2.11. The average molecular weight is 329 g/mol. The van der Waals surface area contributed by atoms with Gasteiger partial charge in [-0.1, -0.05) is 22.0 Å². The molecule has 1 rings (SSSR count). The maximum atomic E-state index is 11.8. The number of carbonyl (C=O) groups is 2. The van der Waals surface area contributed by atoms with Crippen LogP contribution >= 0.6 is 15.9 Å². The largest absolute Gasteiger partial charge is 0.493 e. The molecule has 0 fully saturated rings. The van der Waals surface area contributed by atoms with Gasteiger partial charge in [0, 0.05) is 17.3 Å². The molecule has 0 N–H and O–H groups in total. The zero-order valence-electron chi connectivity index (χ0n) is 11.1. The molecule has 0 radical (unpaired) electrons. The number of hydrogen-bond donors (Lipinski definition) is 0. The van der Waals surface area contributed by atoms with E-state index in [1.54, 1.807) is 25.1 Å². The standard InChI is InChI=1S/C14H17BrO4/c1-3-18-13-9-10(12(16)7-8-15)5-6-11(13)14(17)19-4-2/h5-6,9H,3-4,7-8H2,1-2H3. The molecule has 0 saturated carbocycles. The summed E-state index contributed by atoms with van der Waals surface area (Å²) in [5, 5.41) is 0.607. The summed E-state index contributed by atoms with van der Waals surface area (Å²) in [6, 6.07) is 4.80. The van der Waals surface area contributed by atoms with E-state index in [2.05, 4.69) is 15.9 Å². The number of Topliss-reactive ketones (excluding diaryl/α,β-unsaturated/α-hetero) is 1. The van der Waals surface area contributed by atoms with E-state index in [1.807, 2.05) is 6.92 Å². The Morgan fingerprint density at radius 2 is 1.95 bits per heavy atom. The first-order chi connectivity index (χ1) is 9.13. The van der Waals surface area contributed by atoms with Crippen LogP contribution in [0.15, 0.2) is 18.2 Å². The van der Waals surface area contributed by atoms with Gasteiger partial charge >= 0.3 is 5.97 Å². The molecule has 0 saturated heterocycles. The van der Waals surface area contributed by atoms with Crippen LogP contribution in [0, 0.1) is 0 Å². The highest BCUT2D eigenvalue weighted by Gasteiger charge is 2.16. The summed E-state index contributed by atoms with van der Waals surface area (Å²) in [5.74, 6) is -0.0416. The zero-order valence-corrected chi connectivity index (χ0v) is 12.7. The van der Waals surface area contributed by atoms with Crippen molar-refractivity contribution in [3.63, 3.8) is 0 Å². The van der Waals surface area contributed by atoms with Crippen LogP contribution in [0.4, 0.5) is 0 Å². The molecule has 104 valence electrons. The number of ketones is 1. The highest BCUT2D eigenvalue weighted by Crippen LogP contribution is 2.22. The molecule has 1 aromatic carbocycles. The second kappa shape index (κ2) is 7.94. The van der Waals surface area contributed by atoms with E-state index in [4.69, 9.17) is 9.47 Å². The third-order valence-corrected chi connectivity index (χ3v) is 2.82. The summed E-state index contributed by atoms with van der Waals surface area (Å²) in [4.78, 5) is 23.6. The fraction of sp³-hybridized carbons (Fsp3) is 0.429. The molecule has 0 unspecified atom stereocenters. The maximum absolute atomic E-state index is 11.8. The molecule has 0 aromatic heterocycles. The Morgan fingerprint density at radius 3 is 2.53 bits per heavy atom. The molecule has 4 nitrogen and oxygen atoms in total. The molecule has 1 aromatic rings. The van der Waals surface area contributed by atoms with Crippen molar-refractivity contribution in [3.8, 4) is 5.75 Å². The summed E-state index contributed by atoms with van der Waals surface area (Å²) in [6.45, 7) is 4.28. The molecular weight excluding hydrogens is 312 g/mol. The fourth-order valence-corrected chi connectivity index (χ4v) is 1.94. The molecule has 0 bridgehead atoms. The van der Waals surface area contributed by atoms with E-state index in [-0.39, 0.29) is 5.78 Å². The van der Waals surface area contributed by atoms with Crippen LogP contribution in [-0.4, -0.2) is 30.3 Å². The van der Waals surface area contributed by atoms with Crippen molar-refractivity contribution in [2.75, 3.05) is 18.5 Å². The Labute approximate surface area is 121 Å². The van der Waals surface area contributed by atoms with Gasteiger partial charge in [0.1, 0.15) is 11.3 Å². The van der Waals surface area contributed by atoms with Crippen LogP contribution in [-0.2, 0) is 4.74 Å². The van der Waals surface area contributed by atoms with E-state index < -0.39 is 5.97 Å². The molecular formula is C14H17BrO4. The molecule has 0 heterocycles. The van der Waals surface area contributed by atoms with Gasteiger partial charge in [-0.3, -0.25) is 4.79 Å². The Balaban J connectivity index is 3.06. The first-order valence-electron chi connectivity index (χ1n) is 6.17. The van der Waals surface area contributed by atoms with Gasteiger partial charge in [0.15, 0.2) is 5.78 Å². The maximum Gasteiger partial charge on any atom is 0.341 e. The molecule has 0 aliphatic rings. The summed E-state index contributed by atoms with van der Waals surface area (Å²) in [7, 11) is 0. The van der Waals surface area contributed by atoms with Gasteiger partial charge in [-0.15, -0.1) is 0 Å². The number of benzene rings is 1. The van der Waals surface area contributed by atoms with Crippen molar-refractivity contribution < 1.29 is 19.1 Å². The lowest BCUT2D eigenvalue weighted by atomic mass is 10.1. The molecule has 5 heteroatoms. The number of esters is 1. The first kappa shape index (κ1) is 15.7. The van der Waals surface area contributed by atoms with Crippen LogP contribution in [0.2, 0.25) is 0 Å². The number of alkyl halides is 1. The SMILES string of the molecule is CCOC(=O)c1ccc(C(=O)CCBr)cc1OCC. The predicted molar refractivity (Wildman–Crippen MR) is 76.3 cm³/mol. The predicted octanol–water partition coefficient (Wildman–Crippen LogP) is 3.23. The normalized spacial score (nSPS) is 10.1. The molecule has 0 spiro atoms. The van der Waals surface area contributed by atoms with E-state index in [0.717, 1.165) is 0 Å². The van der Waals surface area contributed by atoms with Crippen molar-refractivity contribution in [1.82, 2.24) is 0 Å². The second-order valence-electron chi connectivity index (χ2n) is 3.73. The van der Waals surface area contributed by atoms with Crippen LogP contribution in [0.25, 0.3) is 0 Å². The van der Waals surface area contributed by atoms with Gasteiger partial charge < -0.3 is 9.47 Å². The Bertz CT molecular complexity index is 457. The van der Waals surface area contributed by atoms with Crippen LogP contribution in [0.1, 0.15) is 41.0 Å². The number of hydrogen-bond acceptors (Lipinski definition) is 4. The van der Waals surface area contributed by atoms with Gasteiger partial charge in [-0.25, -0.2) is 4.79 Å². The van der Waals surface area contributed by atoms with Gasteiger partial charge in [0.25, 0.3) is 0 Å². The van der Waals surface area contributed by atoms with E-state index >= 15 is 0 Å². The third-order valence-electron chi connectivity index (χ3n) is 2.42. The lowest BCUT2D eigenvalue weighted by Crippen LogP contribution is -2.09. The van der Waals surface area contributed by atoms with Gasteiger partial charge in [0.2, 0.25) is 0 Å². The van der Waals surface area contributed by atoms with E-state index in [0.29, 0.717) is 41.8 Å². The minimum Gasteiger partial charge on any atom is -0.493 e. The van der Waals surface area contributed by atoms with Crippen molar-refractivity contribution in [3.05, 3.63) is 29.3 Å². The number of halogens is 1. The van der Waals surface area contributed by atoms with E-state index in [9.17, 15) is 9.59 Å². The first-order valence-corrected chi connectivity index (χ1v) is 7.29. The van der Waals surface area contributed by atoms with Crippen LogP contribution in [0.3, 0.4) is 0 Å². The highest BCUT2D eigenvalue weighted by atomic mass is 79.9. The quantitative estimate of drug-likeness (QED) is 0.438. The molecule has 0 atom stereocenters. The smallest absolute Gasteiger partial charge is 0.341 e. The Hall–Kier alpha value is -1.36. The topological polar surface area (TPSA) is 52.6 Å². The summed E-state index contributed by atoms with van der Waals surface area (Å²) in [6.07, 6.45) is 0.407. The van der Waals surface area contributed by atoms with Crippen LogP contribution < -0.4 is 4.74 Å². The Morgan fingerprint density at radius 1 is 1.21 bits per heavy atom. The van der Waals surface area contributed by atoms with Crippen molar-refractivity contribution >= 4 is 27.7 Å². The highest BCUT2D eigenvalue weighted by molar-refractivity contribution is 9.09. The number of rotatable bonds is 7.